The Kier molecular flexibility index (Phi) is 6.34. The highest BCUT2D eigenvalue weighted by molar-refractivity contribution is 9.10. The monoisotopic (exact) mass is 413 g/mol. The molecule has 2 rings (SSSR count). The van der Waals surface area contributed by atoms with Crippen LogP contribution in [0.3, 0.4) is 0 Å². The van der Waals surface area contributed by atoms with E-state index in [-0.39, 0.29) is 10.6 Å². The minimum atomic E-state index is -1.05. The van der Waals surface area contributed by atoms with Crippen molar-refractivity contribution in [2.45, 2.75) is 13.5 Å². The number of nitrogens with one attached hydrogen (secondary N) is 1. The van der Waals surface area contributed by atoms with Crippen molar-refractivity contribution >= 4 is 39.2 Å². The predicted molar refractivity (Wildman–Crippen MR) is 97.6 cm³/mol. The number of carboxylic acid groups (broad SMARTS) is 1. The maximum absolute atomic E-state index is 11.0. The van der Waals surface area contributed by atoms with E-state index in [9.17, 15) is 4.79 Å². The lowest BCUT2D eigenvalue weighted by molar-refractivity contribution is 0.0697. The Morgan fingerprint density at radius 2 is 2.08 bits per heavy atom. The number of anilines is 1. The van der Waals surface area contributed by atoms with Crippen LogP contribution < -0.4 is 14.8 Å². The van der Waals surface area contributed by atoms with Crippen molar-refractivity contribution in [3.8, 4) is 11.5 Å². The van der Waals surface area contributed by atoms with Gasteiger partial charge in [-0.25, -0.2) is 4.79 Å². The van der Waals surface area contributed by atoms with Crippen LogP contribution in [0.15, 0.2) is 34.8 Å². The number of hydrogen-bond donors (Lipinski definition) is 2. The van der Waals surface area contributed by atoms with Crippen LogP contribution in [0.5, 0.6) is 11.5 Å². The lowest BCUT2D eigenvalue weighted by atomic mass is 10.1. The van der Waals surface area contributed by atoms with Crippen LogP contribution in [0, 0.1) is 0 Å². The van der Waals surface area contributed by atoms with Crippen LogP contribution in [-0.4, -0.2) is 24.8 Å². The van der Waals surface area contributed by atoms with Gasteiger partial charge in [0.2, 0.25) is 0 Å². The van der Waals surface area contributed by atoms with E-state index in [0.717, 1.165) is 10.0 Å². The number of halogens is 2. The van der Waals surface area contributed by atoms with Gasteiger partial charge in [0.1, 0.15) is 0 Å². The molecule has 7 heteroatoms. The number of carbonyl (C=O) groups is 1. The highest BCUT2D eigenvalue weighted by atomic mass is 79.9. The van der Waals surface area contributed by atoms with Crippen molar-refractivity contribution in [3.05, 3.63) is 51.0 Å². The van der Waals surface area contributed by atoms with E-state index >= 15 is 0 Å². The molecular formula is C17H17BrClNO4. The van der Waals surface area contributed by atoms with E-state index in [1.54, 1.807) is 19.2 Å². The van der Waals surface area contributed by atoms with Crippen molar-refractivity contribution in [1.29, 1.82) is 0 Å². The topological polar surface area (TPSA) is 67.8 Å². The normalized spacial score (nSPS) is 10.3. The van der Waals surface area contributed by atoms with Crippen LogP contribution >= 0.6 is 27.5 Å². The molecule has 0 radical (unpaired) electrons. The molecule has 2 aromatic rings. The lowest BCUT2D eigenvalue weighted by Gasteiger charge is -2.16. The second-order valence-electron chi connectivity index (χ2n) is 4.88. The molecule has 0 unspecified atom stereocenters. The zero-order valence-corrected chi connectivity index (χ0v) is 15.6. The molecule has 0 bridgehead atoms. The molecule has 24 heavy (non-hydrogen) atoms. The van der Waals surface area contributed by atoms with Crippen molar-refractivity contribution in [2.75, 3.05) is 19.0 Å². The fourth-order valence-corrected chi connectivity index (χ4v) is 2.96. The molecule has 5 nitrogen and oxygen atoms in total. The molecule has 128 valence electrons. The summed E-state index contributed by atoms with van der Waals surface area (Å²) in [6.45, 7) is 2.89. The molecule has 0 aromatic heterocycles. The SMILES string of the molecule is CCOc1c(CNc2ccc(C(=O)O)c(Cl)c2)cc(Br)cc1OC. The summed E-state index contributed by atoms with van der Waals surface area (Å²) in [5, 5.41) is 12.4. The zero-order valence-electron chi connectivity index (χ0n) is 13.2. The lowest BCUT2D eigenvalue weighted by Crippen LogP contribution is -2.05. The summed E-state index contributed by atoms with van der Waals surface area (Å²) in [5.74, 6) is 0.258. The van der Waals surface area contributed by atoms with Gasteiger partial charge < -0.3 is 19.9 Å². The van der Waals surface area contributed by atoms with Gasteiger partial charge in [0.05, 0.1) is 24.3 Å². The fourth-order valence-electron chi connectivity index (χ4n) is 2.21. The first kappa shape index (κ1) is 18.4. The van der Waals surface area contributed by atoms with Crippen molar-refractivity contribution in [2.24, 2.45) is 0 Å². The second kappa shape index (κ2) is 8.26. The Bertz CT molecular complexity index is 752. The smallest absolute Gasteiger partial charge is 0.337 e. The molecule has 0 atom stereocenters. The van der Waals surface area contributed by atoms with Crippen LogP contribution in [-0.2, 0) is 6.54 Å². The predicted octanol–water partition coefficient (Wildman–Crippen LogP) is 4.82. The summed E-state index contributed by atoms with van der Waals surface area (Å²) < 4.78 is 11.9. The Morgan fingerprint density at radius 1 is 1.33 bits per heavy atom. The molecule has 2 aromatic carbocycles. The van der Waals surface area contributed by atoms with Gasteiger partial charge in [-0.2, -0.15) is 0 Å². The summed E-state index contributed by atoms with van der Waals surface area (Å²) in [4.78, 5) is 11.0. The Balaban J connectivity index is 2.24. The second-order valence-corrected chi connectivity index (χ2v) is 6.21. The zero-order chi connectivity index (χ0) is 17.7. The maximum atomic E-state index is 11.0. The van der Waals surface area contributed by atoms with Gasteiger partial charge >= 0.3 is 5.97 Å². The summed E-state index contributed by atoms with van der Waals surface area (Å²) in [7, 11) is 1.59. The molecule has 0 spiro atoms. The van der Waals surface area contributed by atoms with Gasteiger partial charge in [0.15, 0.2) is 11.5 Å². The van der Waals surface area contributed by atoms with Crippen LogP contribution in [0.25, 0.3) is 0 Å². The quantitative estimate of drug-likeness (QED) is 0.680. The van der Waals surface area contributed by atoms with Gasteiger partial charge in [-0.15, -0.1) is 0 Å². The molecule has 0 aliphatic carbocycles. The average molecular weight is 415 g/mol. The molecular weight excluding hydrogens is 398 g/mol. The average Bonchev–Trinajstić information content (AvgIpc) is 2.54. The van der Waals surface area contributed by atoms with E-state index in [2.05, 4.69) is 21.2 Å². The first-order valence-electron chi connectivity index (χ1n) is 7.22. The molecule has 0 fully saturated rings. The maximum Gasteiger partial charge on any atom is 0.337 e. The molecule has 0 saturated heterocycles. The number of hydrogen-bond acceptors (Lipinski definition) is 4. The van der Waals surface area contributed by atoms with Gasteiger partial charge in [-0.3, -0.25) is 0 Å². The number of carboxylic acids is 1. The minimum absolute atomic E-state index is 0.0707. The van der Waals surface area contributed by atoms with Crippen LogP contribution in [0.4, 0.5) is 5.69 Å². The third kappa shape index (κ3) is 4.33. The molecule has 2 N–H and O–H groups in total. The van der Waals surface area contributed by atoms with Crippen molar-refractivity contribution in [3.63, 3.8) is 0 Å². The summed E-state index contributed by atoms with van der Waals surface area (Å²) in [5.41, 5.74) is 1.69. The molecule has 0 heterocycles. The Labute approximate surface area is 153 Å². The first-order valence-corrected chi connectivity index (χ1v) is 8.39. The van der Waals surface area contributed by atoms with Crippen LogP contribution in [0.2, 0.25) is 5.02 Å². The molecule has 0 aliphatic heterocycles. The standard InChI is InChI=1S/C17H17BrClNO4/c1-3-24-16-10(6-11(18)7-15(16)23-2)9-20-12-4-5-13(17(21)22)14(19)8-12/h4-8,20H,3,9H2,1-2H3,(H,21,22). The largest absolute Gasteiger partial charge is 0.493 e. The molecule has 0 saturated carbocycles. The van der Waals surface area contributed by atoms with Gasteiger partial charge in [0.25, 0.3) is 0 Å². The van der Waals surface area contributed by atoms with Gasteiger partial charge in [-0.1, -0.05) is 27.5 Å². The number of methoxy groups -OCH3 is 1. The number of rotatable bonds is 7. The van der Waals surface area contributed by atoms with E-state index in [0.29, 0.717) is 30.3 Å². The molecule has 0 amide bonds. The number of aromatic carboxylic acids is 1. The Hall–Kier alpha value is -1.92. The minimum Gasteiger partial charge on any atom is -0.493 e. The van der Waals surface area contributed by atoms with E-state index in [4.69, 9.17) is 26.2 Å². The van der Waals surface area contributed by atoms with Crippen LogP contribution in [0.1, 0.15) is 22.8 Å². The first-order chi connectivity index (χ1) is 11.5. The van der Waals surface area contributed by atoms with E-state index in [1.165, 1.54) is 6.07 Å². The number of ether oxygens (including phenoxy) is 2. The highest BCUT2D eigenvalue weighted by Gasteiger charge is 2.13. The number of benzene rings is 2. The molecule has 0 aliphatic rings. The third-order valence-electron chi connectivity index (χ3n) is 3.29. The summed E-state index contributed by atoms with van der Waals surface area (Å²) in [6, 6.07) is 8.50. The summed E-state index contributed by atoms with van der Waals surface area (Å²) >= 11 is 9.44. The Morgan fingerprint density at radius 3 is 2.67 bits per heavy atom. The van der Waals surface area contributed by atoms with Crippen molar-refractivity contribution < 1.29 is 19.4 Å². The van der Waals surface area contributed by atoms with Crippen molar-refractivity contribution in [1.82, 2.24) is 0 Å². The highest BCUT2D eigenvalue weighted by Crippen LogP contribution is 2.35. The van der Waals surface area contributed by atoms with Gasteiger partial charge in [0, 0.05) is 22.3 Å². The summed E-state index contributed by atoms with van der Waals surface area (Å²) in [6.07, 6.45) is 0. The van der Waals surface area contributed by atoms with Gasteiger partial charge in [-0.05, 0) is 37.3 Å². The third-order valence-corrected chi connectivity index (χ3v) is 4.06. The van der Waals surface area contributed by atoms with E-state index in [1.807, 2.05) is 19.1 Å². The fraction of sp³-hybridized carbons (Fsp3) is 0.235. The van der Waals surface area contributed by atoms with E-state index < -0.39 is 5.97 Å².